The van der Waals surface area contributed by atoms with Crippen molar-refractivity contribution in [3.8, 4) is 0 Å². The van der Waals surface area contributed by atoms with Crippen molar-refractivity contribution in [2.75, 3.05) is 36.5 Å². The lowest BCUT2D eigenvalue weighted by Gasteiger charge is -2.27. The van der Waals surface area contributed by atoms with E-state index < -0.39 is 0 Å². The molecule has 1 N–H and O–H groups in total. The fourth-order valence-corrected chi connectivity index (χ4v) is 2.76. The summed E-state index contributed by atoms with van der Waals surface area (Å²) in [7, 11) is 0. The summed E-state index contributed by atoms with van der Waals surface area (Å²) in [4.78, 5) is 23.6. The van der Waals surface area contributed by atoms with Crippen LogP contribution in [-0.4, -0.2) is 42.2 Å². The number of aromatic nitrogens is 2. The SMILES string of the molecule is Cc1cc(C(=O)Nc2c(C)cccc2C)nc(N2CCOCC2)n1. The molecule has 2 heterocycles. The highest BCUT2D eigenvalue weighted by Gasteiger charge is 2.18. The molecule has 3 rings (SSSR count). The highest BCUT2D eigenvalue weighted by molar-refractivity contribution is 6.03. The molecule has 1 amide bonds. The van der Waals surface area contributed by atoms with Gasteiger partial charge in [-0.2, -0.15) is 0 Å². The maximum Gasteiger partial charge on any atom is 0.274 e. The summed E-state index contributed by atoms with van der Waals surface area (Å²) in [5, 5.41) is 2.98. The fraction of sp³-hybridized carbons (Fsp3) is 0.389. The molecule has 24 heavy (non-hydrogen) atoms. The lowest BCUT2D eigenvalue weighted by atomic mass is 10.1. The van der Waals surface area contributed by atoms with Crippen LogP contribution in [0.5, 0.6) is 0 Å². The van der Waals surface area contributed by atoms with E-state index in [0.717, 1.165) is 35.6 Å². The van der Waals surface area contributed by atoms with Crippen molar-refractivity contribution in [3.63, 3.8) is 0 Å². The molecule has 1 saturated heterocycles. The third-order valence-electron chi connectivity index (χ3n) is 4.09. The molecule has 0 spiro atoms. The molecule has 0 saturated carbocycles. The van der Waals surface area contributed by atoms with Gasteiger partial charge in [0.05, 0.1) is 13.2 Å². The number of morpholine rings is 1. The van der Waals surface area contributed by atoms with Crippen molar-refractivity contribution in [3.05, 3.63) is 46.8 Å². The van der Waals surface area contributed by atoms with E-state index in [1.165, 1.54) is 0 Å². The first kappa shape index (κ1) is 16.4. The Labute approximate surface area is 141 Å². The zero-order valence-electron chi connectivity index (χ0n) is 14.3. The predicted octanol–water partition coefficient (Wildman–Crippen LogP) is 2.49. The number of ether oxygens (including phenoxy) is 1. The van der Waals surface area contributed by atoms with Crippen molar-refractivity contribution >= 4 is 17.5 Å². The summed E-state index contributed by atoms with van der Waals surface area (Å²) >= 11 is 0. The van der Waals surface area contributed by atoms with Gasteiger partial charge in [0.25, 0.3) is 5.91 Å². The smallest absolute Gasteiger partial charge is 0.274 e. The molecule has 1 aliphatic heterocycles. The minimum absolute atomic E-state index is 0.215. The number of carbonyl (C=O) groups is 1. The Balaban J connectivity index is 1.85. The first-order chi connectivity index (χ1) is 11.5. The van der Waals surface area contributed by atoms with Crippen molar-refractivity contribution < 1.29 is 9.53 Å². The molecule has 0 unspecified atom stereocenters. The fourth-order valence-electron chi connectivity index (χ4n) is 2.76. The van der Waals surface area contributed by atoms with Crippen molar-refractivity contribution in [1.29, 1.82) is 0 Å². The number of nitrogens with zero attached hydrogens (tertiary/aromatic N) is 3. The van der Waals surface area contributed by atoms with Gasteiger partial charge in [0.15, 0.2) is 0 Å². The number of rotatable bonds is 3. The number of carbonyl (C=O) groups excluding carboxylic acids is 1. The molecule has 1 aliphatic rings. The first-order valence-electron chi connectivity index (χ1n) is 8.10. The molecular weight excluding hydrogens is 304 g/mol. The molecule has 1 fully saturated rings. The van der Waals surface area contributed by atoms with Crippen molar-refractivity contribution in [2.45, 2.75) is 20.8 Å². The molecule has 1 aromatic carbocycles. The Bertz CT molecular complexity index is 734. The van der Waals surface area contributed by atoms with Crippen LogP contribution in [0.1, 0.15) is 27.3 Å². The number of benzene rings is 1. The van der Waals surface area contributed by atoms with Gasteiger partial charge in [0.1, 0.15) is 5.69 Å². The second kappa shape index (κ2) is 6.97. The molecular formula is C18H22N4O2. The molecule has 0 bridgehead atoms. The van der Waals surface area contributed by atoms with Crippen LogP contribution in [0.25, 0.3) is 0 Å². The van der Waals surface area contributed by atoms with Crippen molar-refractivity contribution in [1.82, 2.24) is 9.97 Å². The average Bonchev–Trinajstić information content (AvgIpc) is 2.58. The lowest BCUT2D eigenvalue weighted by Crippen LogP contribution is -2.37. The van der Waals surface area contributed by atoms with Gasteiger partial charge in [-0.15, -0.1) is 0 Å². The summed E-state index contributed by atoms with van der Waals surface area (Å²) in [6.07, 6.45) is 0. The number of aryl methyl sites for hydroxylation is 3. The molecule has 0 aliphatic carbocycles. The summed E-state index contributed by atoms with van der Waals surface area (Å²) in [5.74, 6) is 0.373. The highest BCUT2D eigenvalue weighted by Crippen LogP contribution is 2.20. The van der Waals surface area contributed by atoms with Crippen LogP contribution >= 0.6 is 0 Å². The maximum atomic E-state index is 12.7. The summed E-state index contributed by atoms with van der Waals surface area (Å²) < 4.78 is 5.36. The highest BCUT2D eigenvalue weighted by atomic mass is 16.5. The number of anilines is 2. The van der Waals surface area contributed by atoms with E-state index in [2.05, 4.69) is 15.3 Å². The summed E-state index contributed by atoms with van der Waals surface area (Å²) in [6.45, 7) is 8.62. The topological polar surface area (TPSA) is 67.4 Å². The van der Waals surface area contributed by atoms with E-state index >= 15 is 0 Å². The molecule has 1 aromatic heterocycles. The molecule has 0 radical (unpaired) electrons. The normalized spacial score (nSPS) is 14.5. The predicted molar refractivity (Wildman–Crippen MR) is 93.7 cm³/mol. The van der Waals surface area contributed by atoms with Crippen molar-refractivity contribution in [2.24, 2.45) is 0 Å². The van der Waals surface area contributed by atoms with Gasteiger partial charge in [-0.1, -0.05) is 18.2 Å². The molecule has 6 heteroatoms. The zero-order valence-corrected chi connectivity index (χ0v) is 14.3. The Hall–Kier alpha value is -2.47. The Kier molecular flexibility index (Phi) is 4.76. The van der Waals surface area contributed by atoms with E-state index in [1.54, 1.807) is 6.07 Å². The van der Waals surface area contributed by atoms with Gasteiger partial charge in [-0.25, -0.2) is 9.97 Å². The van der Waals surface area contributed by atoms with E-state index in [0.29, 0.717) is 24.9 Å². The molecule has 126 valence electrons. The Morgan fingerprint density at radius 3 is 2.46 bits per heavy atom. The maximum absolute atomic E-state index is 12.7. The second-order valence-electron chi connectivity index (χ2n) is 6.01. The monoisotopic (exact) mass is 326 g/mol. The van der Waals surface area contributed by atoms with Gasteiger partial charge in [-0.3, -0.25) is 4.79 Å². The number of amides is 1. The van der Waals surface area contributed by atoms with E-state index in [1.807, 2.05) is 43.9 Å². The minimum Gasteiger partial charge on any atom is -0.378 e. The van der Waals surface area contributed by atoms with Crippen LogP contribution < -0.4 is 10.2 Å². The van der Waals surface area contributed by atoms with Crippen LogP contribution in [-0.2, 0) is 4.74 Å². The molecule has 0 atom stereocenters. The summed E-state index contributed by atoms with van der Waals surface area (Å²) in [5.41, 5.74) is 4.06. The van der Waals surface area contributed by atoms with Crippen LogP contribution in [0.15, 0.2) is 24.3 Å². The lowest BCUT2D eigenvalue weighted by molar-refractivity contribution is 0.102. The molecule has 2 aromatic rings. The minimum atomic E-state index is -0.215. The summed E-state index contributed by atoms with van der Waals surface area (Å²) in [6, 6.07) is 7.65. The zero-order chi connectivity index (χ0) is 17.1. The van der Waals surface area contributed by atoms with Crippen LogP contribution in [0.2, 0.25) is 0 Å². The van der Waals surface area contributed by atoms with Gasteiger partial charge in [-0.05, 0) is 38.0 Å². The third-order valence-corrected chi connectivity index (χ3v) is 4.09. The quantitative estimate of drug-likeness (QED) is 0.938. The second-order valence-corrected chi connectivity index (χ2v) is 6.01. The van der Waals surface area contributed by atoms with E-state index in [-0.39, 0.29) is 5.91 Å². The average molecular weight is 326 g/mol. The third kappa shape index (κ3) is 3.54. The first-order valence-corrected chi connectivity index (χ1v) is 8.10. The molecule has 6 nitrogen and oxygen atoms in total. The van der Waals surface area contributed by atoms with Gasteiger partial charge < -0.3 is 15.0 Å². The Morgan fingerprint density at radius 1 is 1.12 bits per heavy atom. The number of para-hydroxylation sites is 1. The van der Waals surface area contributed by atoms with E-state index in [4.69, 9.17) is 4.74 Å². The number of hydrogen-bond donors (Lipinski definition) is 1. The van der Waals surface area contributed by atoms with Crippen LogP contribution in [0, 0.1) is 20.8 Å². The van der Waals surface area contributed by atoms with E-state index in [9.17, 15) is 4.79 Å². The number of hydrogen-bond acceptors (Lipinski definition) is 5. The van der Waals surface area contributed by atoms with Crippen LogP contribution in [0.3, 0.4) is 0 Å². The van der Waals surface area contributed by atoms with Gasteiger partial charge in [0, 0.05) is 24.5 Å². The van der Waals surface area contributed by atoms with Gasteiger partial charge >= 0.3 is 0 Å². The standard InChI is InChI=1S/C18H22N4O2/c1-12-5-4-6-13(2)16(12)21-17(23)15-11-14(3)19-18(20-15)22-7-9-24-10-8-22/h4-6,11H,7-10H2,1-3H3,(H,21,23). The van der Waals surface area contributed by atoms with Gasteiger partial charge in [0.2, 0.25) is 5.95 Å². The number of nitrogens with one attached hydrogen (secondary N) is 1. The Morgan fingerprint density at radius 2 is 1.79 bits per heavy atom. The largest absolute Gasteiger partial charge is 0.378 e. The van der Waals surface area contributed by atoms with Crippen LogP contribution in [0.4, 0.5) is 11.6 Å².